The minimum absolute atomic E-state index is 0.343. The summed E-state index contributed by atoms with van der Waals surface area (Å²) in [6, 6.07) is 11.3. The van der Waals surface area contributed by atoms with Crippen LogP contribution in [0.15, 0.2) is 36.5 Å². The first kappa shape index (κ1) is 21.7. The monoisotopic (exact) mass is 434 g/mol. The second kappa shape index (κ2) is 9.73. The van der Waals surface area contributed by atoms with Crippen LogP contribution in [0.3, 0.4) is 0 Å². The van der Waals surface area contributed by atoms with Gasteiger partial charge in [0.15, 0.2) is 5.82 Å². The Morgan fingerprint density at radius 3 is 2.71 bits per heavy atom. The molecule has 3 aromatic rings. The van der Waals surface area contributed by atoms with Crippen LogP contribution in [0.4, 0.5) is 0 Å². The van der Waals surface area contributed by atoms with Crippen molar-refractivity contribution in [1.82, 2.24) is 19.7 Å². The number of fused-ring (bicyclic) bond motifs is 1. The largest absolute Gasteiger partial charge is 0.381 e. The minimum Gasteiger partial charge on any atom is -0.381 e. The van der Waals surface area contributed by atoms with E-state index in [2.05, 4.69) is 53.7 Å². The Kier molecular flexibility index (Phi) is 6.81. The van der Waals surface area contributed by atoms with Crippen LogP contribution in [-0.2, 0) is 16.2 Å². The zero-order chi connectivity index (χ0) is 21.7. The van der Waals surface area contributed by atoms with Gasteiger partial charge < -0.3 is 9.47 Å². The van der Waals surface area contributed by atoms with Crippen LogP contribution in [0.1, 0.15) is 18.7 Å². The molecule has 1 aliphatic rings. The third-order valence-corrected chi connectivity index (χ3v) is 7.06. The van der Waals surface area contributed by atoms with Gasteiger partial charge in [-0.2, -0.15) is 4.98 Å². The van der Waals surface area contributed by atoms with Crippen molar-refractivity contribution in [2.75, 3.05) is 19.8 Å². The highest BCUT2D eigenvalue weighted by atomic mass is 28.3. The molecule has 0 saturated carbocycles. The first-order valence-corrected chi connectivity index (χ1v) is 14.7. The molecule has 0 amide bonds. The van der Waals surface area contributed by atoms with E-state index in [1.807, 2.05) is 24.4 Å². The highest BCUT2D eigenvalue weighted by Gasteiger charge is 2.16. The predicted molar refractivity (Wildman–Crippen MR) is 125 cm³/mol. The van der Waals surface area contributed by atoms with Gasteiger partial charge in [-0.25, -0.2) is 4.68 Å². The summed E-state index contributed by atoms with van der Waals surface area (Å²) in [5.41, 5.74) is 0.777. The van der Waals surface area contributed by atoms with Gasteiger partial charge in [0, 0.05) is 45.4 Å². The molecule has 0 spiro atoms. The standard InChI is InChI=1S/C24H30N4O2Si/c1-31(2,3)15-14-30-18-28-24(22-16-20-6-4-5-7-21(20)17-25-22)26-23(27-28)9-8-19-10-12-29-13-11-19/h4-7,16-17,19H,10-15,18H2,1-3H3. The van der Waals surface area contributed by atoms with Crippen LogP contribution in [-0.4, -0.2) is 47.6 Å². The molecule has 0 atom stereocenters. The van der Waals surface area contributed by atoms with Gasteiger partial charge >= 0.3 is 0 Å². The molecule has 6 nitrogen and oxygen atoms in total. The zero-order valence-electron chi connectivity index (χ0n) is 18.6. The van der Waals surface area contributed by atoms with Gasteiger partial charge in [-0.3, -0.25) is 4.98 Å². The summed E-state index contributed by atoms with van der Waals surface area (Å²) in [6.07, 6.45) is 3.81. The van der Waals surface area contributed by atoms with Crippen molar-refractivity contribution in [1.29, 1.82) is 0 Å². The minimum atomic E-state index is -1.15. The lowest BCUT2D eigenvalue weighted by molar-refractivity contribution is 0.0795. The van der Waals surface area contributed by atoms with Gasteiger partial charge in [-0.15, -0.1) is 5.10 Å². The Labute approximate surface area is 185 Å². The Morgan fingerprint density at radius 2 is 1.94 bits per heavy atom. The first-order valence-electron chi connectivity index (χ1n) is 10.9. The summed E-state index contributed by atoms with van der Waals surface area (Å²) in [6.45, 7) is 9.67. The van der Waals surface area contributed by atoms with Crippen molar-refractivity contribution in [3.8, 4) is 23.4 Å². The third kappa shape index (κ3) is 6.00. The molecule has 3 heterocycles. The molecule has 7 heteroatoms. The topological polar surface area (TPSA) is 62.1 Å². The Hall–Kier alpha value is -2.53. The molecule has 2 aromatic heterocycles. The molecule has 1 aliphatic heterocycles. The first-order chi connectivity index (χ1) is 15.0. The summed E-state index contributed by atoms with van der Waals surface area (Å²) in [7, 11) is -1.15. The molecule has 4 rings (SSSR count). The second-order valence-corrected chi connectivity index (χ2v) is 14.8. The maximum atomic E-state index is 5.96. The lowest BCUT2D eigenvalue weighted by Gasteiger charge is -2.16. The summed E-state index contributed by atoms with van der Waals surface area (Å²) in [5, 5.41) is 6.85. The molecule has 0 unspecified atom stereocenters. The van der Waals surface area contributed by atoms with Crippen LogP contribution in [0.5, 0.6) is 0 Å². The molecule has 1 aromatic carbocycles. The number of nitrogens with zero attached hydrogens (tertiary/aromatic N) is 4. The van der Waals surface area contributed by atoms with Gasteiger partial charge in [0.2, 0.25) is 5.82 Å². The highest BCUT2D eigenvalue weighted by Crippen LogP contribution is 2.21. The Morgan fingerprint density at radius 1 is 1.16 bits per heavy atom. The maximum Gasteiger partial charge on any atom is 0.226 e. The lowest BCUT2D eigenvalue weighted by Crippen LogP contribution is -2.22. The summed E-state index contributed by atoms with van der Waals surface area (Å²) < 4.78 is 13.2. The molecule has 0 aliphatic carbocycles. The van der Waals surface area contributed by atoms with Crippen LogP contribution in [0, 0.1) is 17.8 Å². The van der Waals surface area contributed by atoms with Gasteiger partial charge in [0.1, 0.15) is 12.4 Å². The van der Waals surface area contributed by atoms with E-state index >= 15 is 0 Å². The average molecular weight is 435 g/mol. The number of pyridine rings is 1. The van der Waals surface area contributed by atoms with E-state index in [-0.39, 0.29) is 0 Å². The molecule has 0 radical (unpaired) electrons. The zero-order valence-corrected chi connectivity index (χ0v) is 19.6. The van der Waals surface area contributed by atoms with E-state index in [9.17, 15) is 0 Å². The lowest BCUT2D eigenvalue weighted by atomic mass is 10.0. The van der Waals surface area contributed by atoms with E-state index in [0.29, 0.717) is 24.3 Å². The number of aromatic nitrogens is 4. The van der Waals surface area contributed by atoms with Crippen molar-refractivity contribution in [3.63, 3.8) is 0 Å². The normalized spacial score (nSPS) is 15.1. The molecule has 31 heavy (non-hydrogen) atoms. The summed E-state index contributed by atoms with van der Waals surface area (Å²) >= 11 is 0. The molecule has 0 N–H and O–H groups in total. The van der Waals surface area contributed by atoms with Crippen molar-refractivity contribution in [2.45, 2.75) is 45.3 Å². The van der Waals surface area contributed by atoms with Gasteiger partial charge in [-0.05, 0) is 36.3 Å². The van der Waals surface area contributed by atoms with Gasteiger partial charge in [0.05, 0.1) is 0 Å². The summed E-state index contributed by atoms with van der Waals surface area (Å²) in [5.74, 6) is 8.05. The SMILES string of the molecule is C[Si](C)(C)CCOCn1nc(C#CC2CCOCC2)nc1-c1cc2ccccc2cn1. The maximum absolute atomic E-state index is 5.96. The van der Waals surface area contributed by atoms with Crippen molar-refractivity contribution in [3.05, 3.63) is 42.4 Å². The number of ether oxygens (including phenoxy) is 2. The molecular formula is C24H30N4O2Si. The smallest absolute Gasteiger partial charge is 0.226 e. The van der Waals surface area contributed by atoms with Gasteiger partial charge in [-0.1, -0.05) is 49.8 Å². The van der Waals surface area contributed by atoms with Crippen molar-refractivity contribution >= 4 is 18.8 Å². The number of hydrogen-bond acceptors (Lipinski definition) is 5. The van der Waals surface area contributed by atoms with Crippen molar-refractivity contribution in [2.24, 2.45) is 5.92 Å². The van der Waals surface area contributed by atoms with Crippen molar-refractivity contribution < 1.29 is 9.47 Å². The molecule has 1 fully saturated rings. The van der Waals surface area contributed by atoms with Crippen LogP contribution < -0.4 is 0 Å². The fourth-order valence-electron chi connectivity index (χ4n) is 3.42. The number of rotatable bonds is 6. The Bertz CT molecular complexity index is 1090. The van der Waals surface area contributed by atoms with E-state index in [4.69, 9.17) is 14.5 Å². The fraction of sp³-hybridized carbons (Fsp3) is 0.458. The van der Waals surface area contributed by atoms with Gasteiger partial charge in [0.25, 0.3) is 0 Å². The predicted octanol–water partition coefficient (Wildman–Crippen LogP) is 4.58. The van der Waals surface area contributed by atoms with E-state index in [1.165, 1.54) is 0 Å². The third-order valence-electron chi connectivity index (χ3n) is 5.35. The molecule has 0 bridgehead atoms. The summed E-state index contributed by atoms with van der Waals surface area (Å²) in [4.78, 5) is 9.34. The second-order valence-electron chi connectivity index (χ2n) is 9.18. The van der Waals surface area contributed by atoms with Crippen LogP contribution >= 0.6 is 0 Å². The van der Waals surface area contributed by atoms with E-state index < -0.39 is 8.07 Å². The fourth-order valence-corrected chi connectivity index (χ4v) is 4.18. The molecular weight excluding hydrogens is 404 g/mol. The quantitative estimate of drug-likeness (QED) is 0.323. The Balaban J connectivity index is 1.59. The number of hydrogen-bond donors (Lipinski definition) is 0. The van der Waals surface area contributed by atoms with Crippen LogP contribution in [0.2, 0.25) is 25.7 Å². The average Bonchev–Trinajstić information content (AvgIpc) is 3.18. The van der Waals surface area contributed by atoms with Crippen LogP contribution in [0.25, 0.3) is 22.3 Å². The molecule has 162 valence electrons. The van der Waals surface area contributed by atoms with E-state index in [0.717, 1.165) is 55.2 Å². The highest BCUT2D eigenvalue weighted by molar-refractivity contribution is 6.76. The molecule has 1 saturated heterocycles. The van der Waals surface area contributed by atoms with E-state index in [1.54, 1.807) is 4.68 Å². The number of benzene rings is 1.